The number of hydrogen-bond acceptors (Lipinski definition) is 2. The lowest BCUT2D eigenvalue weighted by Gasteiger charge is -2.12. The van der Waals surface area contributed by atoms with Crippen molar-refractivity contribution in [2.75, 3.05) is 6.26 Å². The Morgan fingerprint density at radius 2 is 1.31 bits per heavy atom. The zero-order valence-electron chi connectivity index (χ0n) is 15.5. The summed E-state index contributed by atoms with van der Waals surface area (Å²) in [7, 11) is -3.15. The Bertz CT molecular complexity index is 1020. The summed E-state index contributed by atoms with van der Waals surface area (Å²) in [6.45, 7) is 4.29. The zero-order chi connectivity index (χ0) is 18.7. The number of benzene rings is 3. The molecule has 0 aromatic heterocycles. The van der Waals surface area contributed by atoms with E-state index >= 15 is 0 Å². The number of hydrogen-bond donors (Lipinski definition) is 0. The van der Waals surface area contributed by atoms with Crippen LogP contribution >= 0.6 is 0 Å². The molecule has 3 aromatic carbocycles. The van der Waals surface area contributed by atoms with Gasteiger partial charge in [-0.1, -0.05) is 60.2 Å². The van der Waals surface area contributed by atoms with Gasteiger partial charge < -0.3 is 0 Å². The van der Waals surface area contributed by atoms with Gasteiger partial charge in [-0.25, -0.2) is 8.42 Å². The Balaban J connectivity index is 1.83. The van der Waals surface area contributed by atoms with E-state index in [2.05, 4.69) is 56.3 Å². The summed E-state index contributed by atoms with van der Waals surface area (Å²) in [6, 6.07) is 22.3. The Hall–Kier alpha value is -2.39. The molecule has 0 fully saturated rings. The van der Waals surface area contributed by atoms with Gasteiger partial charge in [0.25, 0.3) is 0 Å². The Labute approximate surface area is 156 Å². The minimum Gasteiger partial charge on any atom is -0.224 e. The second-order valence-electron chi connectivity index (χ2n) is 6.96. The molecule has 0 spiro atoms. The standard InChI is InChI=1S/C23H24O2S/c1-17-6-4-7-20(14-17)16-22-9-5-8-21(18(22)2)15-19-10-12-23(13-11-19)26(3,24)25/h4-14H,15-16H2,1-3H3. The molecule has 2 nitrogen and oxygen atoms in total. The van der Waals surface area contributed by atoms with Gasteiger partial charge >= 0.3 is 0 Å². The van der Waals surface area contributed by atoms with E-state index in [1.165, 1.54) is 34.1 Å². The van der Waals surface area contributed by atoms with Crippen molar-refractivity contribution in [2.45, 2.75) is 31.6 Å². The summed E-state index contributed by atoms with van der Waals surface area (Å²) in [5.74, 6) is 0. The number of rotatable bonds is 5. The molecule has 3 heteroatoms. The predicted molar refractivity (Wildman–Crippen MR) is 108 cm³/mol. The summed E-state index contributed by atoms with van der Waals surface area (Å²) in [6.07, 6.45) is 2.97. The lowest BCUT2D eigenvalue weighted by atomic mass is 9.93. The van der Waals surface area contributed by atoms with Crippen LogP contribution in [-0.2, 0) is 22.7 Å². The Morgan fingerprint density at radius 3 is 1.88 bits per heavy atom. The van der Waals surface area contributed by atoms with Crippen molar-refractivity contribution in [1.29, 1.82) is 0 Å². The van der Waals surface area contributed by atoms with E-state index in [0.717, 1.165) is 18.4 Å². The molecule has 0 aliphatic carbocycles. The lowest BCUT2D eigenvalue weighted by molar-refractivity contribution is 0.602. The van der Waals surface area contributed by atoms with Gasteiger partial charge in [0.05, 0.1) is 4.90 Å². The fourth-order valence-corrected chi connectivity index (χ4v) is 3.87. The van der Waals surface area contributed by atoms with E-state index in [4.69, 9.17) is 0 Å². The van der Waals surface area contributed by atoms with Gasteiger partial charge in [0, 0.05) is 6.26 Å². The summed E-state index contributed by atoms with van der Waals surface area (Å²) >= 11 is 0. The van der Waals surface area contributed by atoms with Crippen LogP contribution in [0, 0.1) is 13.8 Å². The van der Waals surface area contributed by atoms with Crippen molar-refractivity contribution in [2.24, 2.45) is 0 Å². The first-order valence-corrected chi connectivity index (χ1v) is 10.6. The van der Waals surface area contributed by atoms with Crippen molar-refractivity contribution in [3.05, 3.63) is 100 Å². The normalized spacial score (nSPS) is 11.5. The van der Waals surface area contributed by atoms with Gasteiger partial charge in [0.1, 0.15) is 0 Å². The molecule has 0 atom stereocenters. The second-order valence-corrected chi connectivity index (χ2v) is 8.98. The third-order valence-corrected chi connectivity index (χ3v) is 5.91. The maximum absolute atomic E-state index is 11.6. The van der Waals surface area contributed by atoms with Crippen molar-refractivity contribution in [1.82, 2.24) is 0 Å². The van der Waals surface area contributed by atoms with E-state index < -0.39 is 9.84 Å². The van der Waals surface area contributed by atoms with Gasteiger partial charge in [-0.15, -0.1) is 0 Å². The first-order chi connectivity index (χ1) is 12.3. The first-order valence-electron chi connectivity index (χ1n) is 8.75. The van der Waals surface area contributed by atoms with Crippen LogP contribution in [-0.4, -0.2) is 14.7 Å². The van der Waals surface area contributed by atoms with E-state index in [9.17, 15) is 8.42 Å². The van der Waals surface area contributed by atoms with E-state index in [0.29, 0.717) is 4.90 Å². The van der Waals surface area contributed by atoms with Gasteiger partial charge in [0.15, 0.2) is 9.84 Å². The first kappa shape index (κ1) is 18.4. The second kappa shape index (κ2) is 7.46. The molecule has 0 heterocycles. The van der Waals surface area contributed by atoms with E-state index in [1.807, 2.05) is 12.1 Å². The maximum Gasteiger partial charge on any atom is 0.175 e. The molecule has 0 aliphatic rings. The minimum atomic E-state index is -3.15. The fraction of sp³-hybridized carbons (Fsp3) is 0.217. The smallest absolute Gasteiger partial charge is 0.175 e. The molecule has 0 radical (unpaired) electrons. The molecule has 134 valence electrons. The van der Waals surface area contributed by atoms with Crippen LogP contribution in [0.15, 0.2) is 71.6 Å². The molecule has 0 amide bonds. The SMILES string of the molecule is Cc1cccc(Cc2cccc(Cc3ccc(S(C)(=O)=O)cc3)c2C)c1. The molecule has 0 bridgehead atoms. The average Bonchev–Trinajstić information content (AvgIpc) is 2.58. The third kappa shape index (κ3) is 4.41. The Morgan fingerprint density at radius 1 is 0.731 bits per heavy atom. The van der Waals surface area contributed by atoms with Crippen LogP contribution < -0.4 is 0 Å². The monoisotopic (exact) mass is 364 g/mol. The molecule has 26 heavy (non-hydrogen) atoms. The highest BCUT2D eigenvalue weighted by atomic mass is 32.2. The highest BCUT2D eigenvalue weighted by Crippen LogP contribution is 2.21. The lowest BCUT2D eigenvalue weighted by Crippen LogP contribution is -2.00. The van der Waals surface area contributed by atoms with Gasteiger partial charge in [0.2, 0.25) is 0 Å². The zero-order valence-corrected chi connectivity index (χ0v) is 16.3. The maximum atomic E-state index is 11.6. The largest absolute Gasteiger partial charge is 0.224 e. The van der Waals surface area contributed by atoms with Crippen molar-refractivity contribution < 1.29 is 8.42 Å². The molecule has 3 aromatic rings. The van der Waals surface area contributed by atoms with E-state index in [-0.39, 0.29) is 0 Å². The molecule has 3 rings (SSSR count). The van der Waals surface area contributed by atoms with Crippen LogP contribution in [0.3, 0.4) is 0 Å². The summed E-state index contributed by atoms with van der Waals surface area (Å²) in [5.41, 5.74) is 7.64. The quantitative estimate of drug-likeness (QED) is 0.646. The topological polar surface area (TPSA) is 34.1 Å². The molecule has 0 saturated heterocycles. The molecule has 0 aliphatic heterocycles. The summed E-state index contributed by atoms with van der Waals surface area (Å²) in [4.78, 5) is 0.367. The van der Waals surface area contributed by atoms with Crippen molar-refractivity contribution in [3.8, 4) is 0 Å². The summed E-state index contributed by atoms with van der Waals surface area (Å²) in [5, 5.41) is 0. The predicted octanol–water partition coefficient (Wildman–Crippen LogP) is 4.89. The molecule has 0 N–H and O–H groups in total. The number of aryl methyl sites for hydroxylation is 1. The summed E-state index contributed by atoms with van der Waals surface area (Å²) < 4.78 is 23.2. The van der Waals surface area contributed by atoms with Crippen molar-refractivity contribution >= 4 is 9.84 Å². The minimum absolute atomic E-state index is 0.367. The molecular formula is C23H24O2S. The van der Waals surface area contributed by atoms with Gasteiger partial charge in [-0.3, -0.25) is 0 Å². The average molecular weight is 365 g/mol. The third-order valence-electron chi connectivity index (χ3n) is 4.78. The number of sulfone groups is 1. The highest BCUT2D eigenvalue weighted by molar-refractivity contribution is 7.90. The molecule has 0 saturated carbocycles. The van der Waals surface area contributed by atoms with Gasteiger partial charge in [-0.05, 0) is 66.6 Å². The van der Waals surface area contributed by atoms with Crippen LogP contribution in [0.25, 0.3) is 0 Å². The fourth-order valence-electron chi connectivity index (χ4n) is 3.24. The van der Waals surface area contributed by atoms with Crippen LogP contribution in [0.5, 0.6) is 0 Å². The van der Waals surface area contributed by atoms with Crippen LogP contribution in [0.2, 0.25) is 0 Å². The van der Waals surface area contributed by atoms with Crippen LogP contribution in [0.1, 0.15) is 33.4 Å². The molecular weight excluding hydrogens is 340 g/mol. The van der Waals surface area contributed by atoms with Gasteiger partial charge in [-0.2, -0.15) is 0 Å². The Kier molecular flexibility index (Phi) is 5.28. The van der Waals surface area contributed by atoms with E-state index in [1.54, 1.807) is 12.1 Å². The molecule has 0 unspecified atom stereocenters. The van der Waals surface area contributed by atoms with Crippen molar-refractivity contribution in [3.63, 3.8) is 0 Å². The van der Waals surface area contributed by atoms with Crippen LogP contribution in [0.4, 0.5) is 0 Å². The highest BCUT2D eigenvalue weighted by Gasteiger charge is 2.09.